The molecule has 0 unspecified atom stereocenters. The van der Waals surface area contributed by atoms with E-state index >= 15 is 0 Å². The Hall–Kier alpha value is -4.00. The molecule has 7 nitrogen and oxygen atoms in total. The van der Waals surface area contributed by atoms with Crippen molar-refractivity contribution in [3.05, 3.63) is 101 Å². The Morgan fingerprint density at radius 3 is 2.37 bits per heavy atom. The van der Waals surface area contributed by atoms with Crippen LogP contribution in [-0.2, 0) is 0 Å². The summed E-state index contributed by atoms with van der Waals surface area (Å²) in [5.74, 6) is -0.513. The average Bonchev–Trinajstić information content (AvgIpc) is 2.69. The molecule has 1 aromatic heterocycles. The van der Waals surface area contributed by atoms with Crippen LogP contribution in [0, 0.1) is 0 Å². The van der Waals surface area contributed by atoms with Gasteiger partial charge in [-0.15, -0.1) is 0 Å². The van der Waals surface area contributed by atoms with Gasteiger partial charge in [-0.3, -0.25) is 9.59 Å². The van der Waals surface area contributed by atoms with Gasteiger partial charge < -0.3 is 11.5 Å². The van der Waals surface area contributed by atoms with E-state index in [0.29, 0.717) is 22.6 Å². The maximum Gasteiger partial charge on any atom is 0.248 e. The fourth-order valence-electron chi connectivity index (χ4n) is 2.41. The highest BCUT2D eigenvalue weighted by Crippen LogP contribution is 2.13. The number of aliphatic imine (C=N–C) groups is 1. The molecular weight excluding hydrogens is 342 g/mol. The SMILES string of the molecule is NC=CC(=Nc1ccccc1)c1nn(-c2ccc(C(N)=O)cc2)ccc1=O. The topological polar surface area (TPSA) is 116 Å². The van der Waals surface area contributed by atoms with Crippen molar-refractivity contribution < 1.29 is 4.79 Å². The zero-order valence-electron chi connectivity index (χ0n) is 14.3. The summed E-state index contributed by atoms with van der Waals surface area (Å²) in [6.07, 6.45) is 4.37. The van der Waals surface area contributed by atoms with Gasteiger partial charge in [0.25, 0.3) is 0 Å². The van der Waals surface area contributed by atoms with Crippen LogP contribution in [0.4, 0.5) is 5.69 Å². The van der Waals surface area contributed by atoms with Crippen molar-refractivity contribution in [3.63, 3.8) is 0 Å². The van der Waals surface area contributed by atoms with E-state index < -0.39 is 5.91 Å². The summed E-state index contributed by atoms with van der Waals surface area (Å²) in [6, 6.07) is 17.2. The third kappa shape index (κ3) is 4.16. The van der Waals surface area contributed by atoms with Crippen molar-refractivity contribution in [3.8, 4) is 5.69 Å². The van der Waals surface area contributed by atoms with Gasteiger partial charge in [-0.25, -0.2) is 9.67 Å². The lowest BCUT2D eigenvalue weighted by Gasteiger charge is -2.08. The number of hydrogen-bond acceptors (Lipinski definition) is 5. The maximum absolute atomic E-state index is 12.4. The van der Waals surface area contributed by atoms with E-state index in [1.54, 1.807) is 24.3 Å². The van der Waals surface area contributed by atoms with Gasteiger partial charge in [-0.2, -0.15) is 5.10 Å². The first kappa shape index (κ1) is 17.8. The Kier molecular flexibility index (Phi) is 5.22. The Balaban J connectivity index is 2.07. The van der Waals surface area contributed by atoms with Gasteiger partial charge in [0.15, 0.2) is 5.69 Å². The van der Waals surface area contributed by atoms with Gasteiger partial charge in [-0.05, 0) is 48.7 Å². The van der Waals surface area contributed by atoms with Gasteiger partial charge in [0.05, 0.1) is 17.1 Å². The number of para-hydroxylation sites is 1. The largest absolute Gasteiger partial charge is 0.405 e. The summed E-state index contributed by atoms with van der Waals surface area (Å²) < 4.78 is 1.52. The molecule has 0 aliphatic carbocycles. The number of nitrogens with two attached hydrogens (primary N) is 2. The lowest BCUT2D eigenvalue weighted by atomic mass is 10.2. The quantitative estimate of drug-likeness (QED) is 0.677. The number of allylic oxidation sites excluding steroid dienone is 1. The smallest absolute Gasteiger partial charge is 0.248 e. The molecular formula is C20H17N5O2. The third-order valence-corrected chi connectivity index (χ3v) is 3.73. The molecule has 0 bridgehead atoms. The van der Waals surface area contributed by atoms with E-state index in [0.717, 1.165) is 0 Å². The summed E-state index contributed by atoms with van der Waals surface area (Å²) in [5, 5.41) is 4.38. The molecule has 134 valence electrons. The van der Waals surface area contributed by atoms with Crippen LogP contribution in [0.15, 0.2) is 88.9 Å². The highest BCUT2D eigenvalue weighted by molar-refractivity contribution is 6.08. The Bertz CT molecular complexity index is 1070. The predicted molar refractivity (Wildman–Crippen MR) is 104 cm³/mol. The highest BCUT2D eigenvalue weighted by Gasteiger charge is 2.10. The van der Waals surface area contributed by atoms with Crippen molar-refractivity contribution in [1.29, 1.82) is 0 Å². The molecule has 4 N–H and O–H groups in total. The summed E-state index contributed by atoms with van der Waals surface area (Å²) >= 11 is 0. The van der Waals surface area contributed by atoms with Crippen molar-refractivity contribution in [2.45, 2.75) is 0 Å². The van der Waals surface area contributed by atoms with Crippen LogP contribution < -0.4 is 16.9 Å². The Morgan fingerprint density at radius 1 is 1.04 bits per heavy atom. The van der Waals surface area contributed by atoms with Gasteiger partial charge in [0.2, 0.25) is 11.3 Å². The second kappa shape index (κ2) is 7.92. The van der Waals surface area contributed by atoms with Crippen LogP contribution in [0.2, 0.25) is 0 Å². The highest BCUT2D eigenvalue weighted by atomic mass is 16.1. The molecule has 0 fully saturated rings. The zero-order valence-corrected chi connectivity index (χ0v) is 14.3. The van der Waals surface area contributed by atoms with Crippen molar-refractivity contribution in [2.24, 2.45) is 16.5 Å². The van der Waals surface area contributed by atoms with Crippen LogP contribution in [-0.4, -0.2) is 21.4 Å². The second-order valence-corrected chi connectivity index (χ2v) is 5.58. The summed E-state index contributed by atoms with van der Waals surface area (Å²) in [6.45, 7) is 0. The van der Waals surface area contributed by atoms with Crippen LogP contribution in [0.5, 0.6) is 0 Å². The van der Waals surface area contributed by atoms with Gasteiger partial charge >= 0.3 is 0 Å². The Morgan fingerprint density at radius 2 is 1.74 bits per heavy atom. The fraction of sp³-hybridized carbons (Fsp3) is 0. The molecule has 0 radical (unpaired) electrons. The first-order chi connectivity index (χ1) is 13.1. The molecule has 0 atom stereocenters. The number of aromatic nitrogens is 2. The number of carbonyl (C=O) groups is 1. The lowest BCUT2D eigenvalue weighted by Crippen LogP contribution is -2.20. The maximum atomic E-state index is 12.4. The molecule has 3 rings (SSSR count). The van der Waals surface area contributed by atoms with E-state index in [1.165, 1.54) is 29.2 Å². The van der Waals surface area contributed by atoms with Crippen molar-refractivity contribution in [2.75, 3.05) is 0 Å². The first-order valence-corrected chi connectivity index (χ1v) is 8.11. The van der Waals surface area contributed by atoms with E-state index in [2.05, 4.69) is 10.1 Å². The van der Waals surface area contributed by atoms with Crippen molar-refractivity contribution >= 4 is 17.3 Å². The lowest BCUT2D eigenvalue weighted by molar-refractivity contribution is 0.100. The molecule has 3 aromatic rings. The number of amides is 1. The van der Waals surface area contributed by atoms with Crippen LogP contribution >= 0.6 is 0 Å². The molecule has 0 spiro atoms. The van der Waals surface area contributed by atoms with Gasteiger partial charge in [0, 0.05) is 17.8 Å². The van der Waals surface area contributed by atoms with Crippen LogP contribution in [0.25, 0.3) is 5.69 Å². The minimum Gasteiger partial charge on any atom is -0.405 e. The first-order valence-electron chi connectivity index (χ1n) is 8.11. The number of benzene rings is 2. The minimum atomic E-state index is -0.513. The Labute approximate surface area is 155 Å². The molecule has 0 aliphatic rings. The normalized spacial score (nSPS) is 11.6. The molecule has 0 aliphatic heterocycles. The van der Waals surface area contributed by atoms with Crippen LogP contribution in [0.3, 0.4) is 0 Å². The molecule has 27 heavy (non-hydrogen) atoms. The van der Waals surface area contributed by atoms with E-state index in [9.17, 15) is 9.59 Å². The fourth-order valence-corrected chi connectivity index (χ4v) is 2.41. The summed E-state index contributed by atoms with van der Waals surface area (Å²) in [5.41, 5.74) is 12.7. The minimum absolute atomic E-state index is 0.155. The second-order valence-electron chi connectivity index (χ2n) is 5.58. The summed E-state index contributed by atoms with van der Waals surface area (Å²) in [4.78, 5) is 28.0. The summed E-state index contributed by atoms with van der Waals surface area (Å²) in [7, 11) is 0. The number of hydrogen-bond donors (Lipinski definition) is 2. The van der Waals surface area contributed by atoms with E-state index in [-0.39, 0.29) is 11.1 Å². The molecule has 0 saturated heterocycles. The van der Waals surface area contributed by atoms with E-state index in [1.807, 2.05) is 30.3 Å². The third-order valence-electron chi connectivity index (χ3n) is 3.73. The average molecular weight is 359 g/mol. The number of nitrogens with zero attached hydrogens (tertiary/aromatic N) is 3. The molecule has 1 heterocycles. The van der Waals surface area contributed by atoms with Gasteiger partial charge in [-0.1, -0.05) is 18.2 Å². The molecule has 0 saturated carbocycles. The van der Waals surface area contributed by atoms with E-state index in [4.69, 9.17) is 11.5 Å². The molecule has 7 heteroatoms. The standard InChI is InChI=1S/C20H17N5O2/c21-12-10-17(23-15-4-2-1-3-5-15)19-18(26)11-13-25(24-19)16-8-6-14(7-9-16)20(22)27/h1-13H,21H2,(H2,22,27). The molecule has 2 aromatic carbocycles. The van der Waals surface area contributed by atoms with Crippen molar-refractivity contribution in [1.82, 2.24) is 9.78 Å². The van der Waals surface area contributed by atoms with Crippen LogP contribution in [0.1, 0.15) is 16.1 Å². The number of primary amides is 1. The van der Waals surface area contributed by atoms with Gasteiger partial charge in [0.1, 0.15) is 0 Å². The zero-order chi connectivity index (χ0) is 19.2. The molecule has 1 amide bonds. The monoisotopic (exact) mass is 359 g/mol. The number of carbonyl (C=O) groups excluding carboxylic acids is 1. The number of rotatable bonds is 5. The predicted octanol–water partition coefficient (Wildman–Crippen LogP) is 1.92.